The van der Waals surface area contributed by atoms with E-state index in [1.165, 1.54) is 10.6 Å². The molecule has 0 bridgehead atoms. The van der Waals surface area contributed by atoms with Gasteiger partial charge in [-0.3, -0.25) is 0 Å². The average molecular weight is 423 g/mol. The quantitative estimate of drug-likeness (QED) is 0.506. The zero-order valence-electron chi connectivity index (χ0n) is 17.3. The summed E-state index contributed by atoms with van der Waals surface area (Å²) >= 11 is 0. The van der Waals surface area contributed by atoms with Crippen LogP contribution in [0.5, 0.6) is 0 Å². The highest BCUT2D eigenvalue weighted by molar-refractivity contribution is 7.88. The smallest absolute Gasteiger partial charge is 0.211 e. The molecule has 160 valence electrons. The first kappa shape index (κ1) is 21.6. The molecule has 1 aromatic rings. The lowest BCUT2D eigenvalue weighted by atomic mass is 10.1. The van der Waals surface area contributed by atoms with E-state index in [0.717, 1.165) is 30.1 Å². The van der Waals surface area contributed by atoms with E-state index < -0.39 is 10.0 Å². The van der Waals surface area contributed by atoms with Crippen LogP contribution in [0.1, 0.15) is 30.9 Å². The van der Waals surface area contributed by atoms with Gasteiger partial charge in [-0.1, -0.05) is 13.0 Å². The van der Waals surface area contributed by atoms with Crippen molar-refractivity contribution in [3.05, 3.63) is 48.3 Å². The number of aliphatic hydroxyl groups excluding tert-OH is 1. The molecule has 1 N–H and O–H groups in total. The highest BCUT2D eigenvalue weighted by Gasteiger charge is 2.33. The topological polar surface area (TPSA) is 87.9 Å². The fraction of sp³-hybridized carbons (Fsp3) is 0.550. The van der Waals surface area contributed by atoms with Gasteiger partial charge in [-0.15, -0.1) is 6.58 Å². The van der Waals surface area contributed by atoms with Crippen molar-refractivity contribution >= 4 is 15.7 Å². The molecule has 0 radical (unpaired) electrons. The summed E-state index contributed by atoms with van der Waals surface area (Å²) in [6.45, 7) is 8.03. The summed E-state index contributed by atoms with van der Waals surface area (Å²) in [5.74, 6) is 1.56. The number of fused-ring (bicyclic) bond motifs is 1. The highest BCUT2D eigenvalue weighted by Crippen LogP contribution is 2.32. The van der Waals surface area contributed by atoms with Crippen molar-refractivity contribution in [2.24, 2.45) is 5.92 Å². The molecular weight excluding hydrogens is 392 g/mol. The van der Waals surface area contributed by atoms with Crippen LogP contribution in [0.15, 0.2) is 36.8 Å². The summed E-state index contributed by atoms with van der Waals surface area (Å²) in [6, 6.07) is 0.0354. The molecule has 1 unspecified atom stereocenters. The maximum atomic E-state index is 11.5. The van der Waals surface area contributed by atoms with E-state index in [4.69, 9.17) is 4.74 Å². The Hall–Kier alpha value is -2.10. The van der Waals surface area contributed by atoms with E-state index >= 15 is 0 Å². The standard InChI is InChI=1S/C20H30N4O4S/c1-5-7-17(28-14-15-10-23(11-15)29(4,26)27)8-18-19-9-21-20(13-25)24(19)16(6-2)12-22(18)3/h6-9,15-16,25H,2,5,10-14H2,1,3-4H3/b17-7-,18-8-. The van der Waals surface area contributed by atoms with Crippen LogP contribution in [0.3, 0.4) is 0 Å². The Kier molecular flexibility index (Phi) is 6.50. The van der Waals surface area contributed by atoms with Crippen LogP contribution in [-0.2, 0) is 21.4 Å². The van der Waals surface area contributed by atoms with Crippen LogP contribution in [0, 0.1) is 5.92 Å². The van der Waals surface area contributed by atoms with Crippen LogP contribution in [0.25, 0.3) is 5.70 Å². The Morgan fingerprint density at radius 2 is 2.14 bits per heavy atom. The number of nitrogens with zero attached hydrogens (tertiary/aromatic N) is 4. The summed E-state index contributed by atoms with van der Waals surface area (Å²) < 4.78 is 32.5. The van der Waals surface area contributed by atoms with Crippen LogP contribution in [0.2, 0.25) is 0 Å². The number of allylic oxidation sites excluding steroid dienone is 2. The third kappa shape index (κ3) is 4.57. The zero-order valence-corrected chi connectivity index (χ0v) is 18.1. The number of hydrogen-bond acceptors (Lipinski definition) is 6. The van der Waals surface area contributed by atoms with Crippen molar-refractivity contribution in [2.75, 3.05) is 39.5 Å². The summed E-state index contributed by atoms with van der Waals surface area (Å²) in [4.78, 5) is 6.49. The molecule has 3 rings (SSSR count). The van der Waals surface area contributed by atoms with E-state index in [0.29, 0.717) is 25.5 Å². The van der Waals surface area contributed by atoms with Crippen molar-refractivity contribution in [1.29, 1.82) is 0 Å². The lowest BCUT2D eigenvalue weighted by molar-refractivity contribution is 0.0945. The second-order valence-corrected chi connectivity index (χ2v) is 9.56. The number of imidazole rings is 1. The van der Waals surface area contributed by atoms with Gasteiger partial charge in [0.1, 0.15) is 18.2 Å². The molecule has 1 saturated heterocycles. The third-order valence-electron chi connectivity index (χ3n) is 5.32. The molecule has 0 saturated carbocycles. The van der Waals surface area contributed by atoms with Gasteiger partial charge in [0.2, 0.25) is 10.0 Å². The van der Waals surface area contributed by atoms with Crippen molar-refractivity contribution in [2.45, 2.75) is 26.0 Å². The number of rotatable bonds is 8. The molecule has 3 heterocycles. The Bertz CT molecular complexity index is 913. The lowest BCUT2D eigenvalue weighted by Gasteiger charge is -2.37. The molecule has 0 aliphatic carbocycles. The number of likely N-dealkylation sites (N-methyl/N-ethyl adjacent to an activating group) is 1. The van der Waals surface area contributed by atoms with Crippen LogP contribution in [0.4, 0.5) is 0 Å². The lowest BCUT2D eigenvalue weighted by Crippen LogP contribution is -2.51. The first-order chi connectivity index (χ1) is 13.8. The molecule has 2 aliphatic heterocycles. The normalized spacial score (nSPS) is 22.5. The Morgan fingerprint density at radius 3 is 2.72 bits per heavy atom. The van der Waals surface area contributed by atoms with E-state index in [9.17, 15) is 13.5 Å². The molecule has 1 fully saturated rings. The third-order valence-corrected chi connectivity index (χ3v) is 6.55. The minimum absolute atomic E-state index is 0.0354. The molecule has 8 nitrogen and oxygen atoms in total. The molecule has 1 atom stereocenters. The van der Waals surface area contributed by atoms with Crippen LogP contribution in [-0.4, -0.2) is 71.8 Å². The van der Waals surface area contributed by atoms with Gasteiger partial charge in [0.05, 0.1) is 36.5 Å². The van der Waals surface area contributed by atoms with Gasteiger partial charge < -0.3 is 19.3 Å². The fourth-order valence-electron chi connectivity index (χ4n) is 3.70. The predicted octanol–water partition coefficient (Wildman–Crippen LogP) is 1.59. The van der Waals surface area contributed by atoms with Gasteiger partial charge in [-0.05, 0) is 12.5 Å². The maximum absolute atomic E-state index is 11.5. The molecule has 1 aromatic heterocycles. The Labute approximate surface area is 172 Å². The zero-order chi connectivity index (χ0) is 21.2. The second kappa shape index (κ2) is 8.73. The van der Waals surface area contributed by atoms with E-state index in [2.05, 4.69) is 16.5 Å². The highest BCUT2D eigenvalue weighted by atomic mass is 32.2. The van der Waals surface area contributed by atoms with E-state index in [-0.39, 0.29) is 18.6 Å². The van der Waals surface area contributed by atoms with Gasteiger partial charge in [-0.25, -0.2) is 17.7 Å². The fourth-order valence-corrected chi connectivity index (χ4v) is 4.67. The van der Waals surface area contributed by atoms with Crippen LogP contribution >= 0.6 is 0 Å². The number of aromatic nitrogens is 2. The molecule has 29 heavy (non-hydrogen) atoms. The Morgan fingerprint density at radius 1 is 1.41 bits per heavy atom. The van der Waals surface area contributed by atoms with Crippen molar-refractivity contribution in [3.8, 4) is 0 Å². The molecule has 0 aromatic carbocycles. The SMILES string of the molecule is C=CC1CN(C)/C(=C\C(=C\CC)OCC2CN(S(C)(=O)=O)C2)c2cnc(CO)n21. The molecular formula is C20H30N4O4S. The maximum Gasteiger partial charge on any atom is 0.211 e. The van der Waals surface area contributed by atoms with Crippen molar-refractivity contribution in [3.63, 3.8) is 0 Å². The summed E-state index contributed by atoms with van der Waals surface area (Å²) in [5.41, 5.74) is 1.87. The number of sulfonamides is 1. The van der Waals surface area contributed by atoms with Gasteiger partial charge in [-0.2, -0.15) is 0 Å². The minimum atomic E-state index is -3.11. The van der Waals surface area contributed by atoms with Crippen molar-refractivity contribution < 1.29 is 18.3 Å². The second-order valence-electron chi connectivity index (χ2n) is 7.57. The molecule has 2 aliphatic rings. The Balaban J connectivity index is 1.78. The summed E-state index contributed by atoms with van der Waals surface area (Å²) in [6.07, 6.45) is 9.69. The minimum Gasteiger partial charge on any atom is -0.493 e. The molecule has 0 spiro atoms. The first-order valence-electron chi connectivity index (χ1n) is 9.79. The average Bonchev–Trinajstić information content (AvgIpc) is 3.05. The monoisotopic (exact) mass is 422 g/mol. The largest absolute Gasteiger partial charge is 0.493 e. The summed E-state index contributed by atoms with van der Waals surface area (Å²) in [5, 5.41) is 9.64. The number of hydrogen-bond donors (Lipinski definition) is 1. The van der Waals surface area contributed by atoms with Gasteiger partial charge >= 0.3 is 0 Å². The first-order valence-corrected chi connectivity index (χ1v) is 11.6. The molecule has 9 heteroatoms. The number of ether oxygens (including phenoxy) is 1. The van der Waals surface area contributed by atoms with Gasteiger partial charge in [0, 0.05) is 38.7 Å². The van der Waals surface area contributed by atoms with Gasteiger partial charge in [0.25, 0.3) is 0 Å². The molecule has 0 amide bonds. The summed E-state index contributed by atoms with van der Waals surface area (Å²) in [7, 11) is -1.10. The van der Waals surface area contributed by atoms with E-state index in [1.807, 2.05) is 36.8 Å². The number of aliphatic hydroxyl groups is 1. The van der Waals surface area contributed by atoms with Gasteiger partial charge in [0.15, 0.2) is 0 Å². The van der Waals surface area contributed by atoms with Crippen molar-refractivity contribution in [1.82, 2.24) is 18.8 Å². The van der Waals surface area contributed by atoms with Crippen LogP contribution < -0.4 is 0 Å². The predicted molar refractivity (Wildman–Crippen MR) is 112 cm³/mol. The van der Waals surface area contributed by atoms with E-state index in [1.54, 1.807) is 6.20 Å².